The molecular weight excluding hydrogens is 398 g/mol. The maximum absolute atomic E-state index is 12.4. The van der Waals surface area contributed by atoms with E-state index in [1.807, 2.05) is 0 Å². The van der Waals surface area contributed by atoms with E-state index in [9.17, 15) is 19.2 Å². The van der Waals surface area contributed by atoms with Crippen molar-refractivity contribution in [3.05, 3.63) is 28.7 Å². The topological polar surface area (TPSA) is 106 Å². The van der Waals surface area contributed by atoms with Gasteiger partial charge in [0, 0.05) is 14.1 Å². The van der Waals surface area contributed by atoms with E-state index < -0.39 is 17.8 Å². The number of nitrogens with zero attached hydrogens (tertiary/aromatic N) is 1. The summed E-state index contributed by atoms with van der Waals surface area (Å²) in [7, 11) is 5.00. The van der Waals surface area contributed by atoms with Gasteiger partial charge in [-0.3, -0.25) is 9.59 Å². The first kappa shape index (κ1) is 24.3. The van der Waals surface area contributed by atoms with Crippen molar-refractivity contribution in [2.45, 2.75) is 13.8 Å². The van der Waals surface area contributed by atoms with Gasteiger partial charge in [-0.1, -0.05) is 12.7 Å². The van der Waals surface area contributed by atoms with Crippen LogP contribution in [0.15, 0.2) is 12.7 Å². The highest BCUT2D eigenvalue weighted by molar-refractivity contribution is 7.18. The first-order valence-corrected chi connectivity index (χ1v) is 9.83. The lowest BCUT2D eigenvalue weighted by Crippen LogP contribution is -3.11. The minimum atomic E-state index is -0.636. The van der Waals surface area contributed by atoms with Gasteiger partial charge < -0.3 is 24.6 Å². The number of thiophene rings is 1. The summed E-state index contributed by atoms with van der Waals surface area (Å²) in [6, 6.07) is 0. The van der Waals surface area contributed by atoms with Crippen LogP contribution >= 0.6 is 11.3 Å². The van der Waals surface area contributed by atoms with Gasteiger partial charge in [0.25, 0.3) is 11.8 Å². The summed E-state index contributed by atoms with van der Waals surface area (Å²) in [5.41, 5.74) is 0.499. The summed E-state index contributed by atoms with van der Waals surface area (Å²) in [6.45, 7) is 7.08. The maximum atomic E-state index is 12.4. The predicted molar refractivity (Wildman–Crippen MR) is 109 cm³/mol. The Balaban J connectivity index is 3.04. The molecule has 29 heavy (non-hydrogen) atoms. The van der Waals surface area contributed by atoms with Crippen LogP contribution in [0.3, 0.4) is 0 Å². The Morgan fingerprint density at radius 2 is 1.83 bits per heavy atom. The van der Waals surface area contributed by atoms with Gasteiger partial charge in [-0.15, -0.1) is 11.3 Å². The fourth-order valence-electron chi connectivity index (χ4n) is 2.37. The summed E-state index contributed by atoms with van der Waals surface area (Å²) < 4.78 is 10.1. The molecule has 10 heteroatoms. The van der Waals surface area contributed by atoms with Crippen molar-refractivity contribution >= 4 is 40.1 Å². The number of carbonyl (C=O) groups excluding carboxylic acids is 4. The number of carbonyl (C=O) groups is 4. The molecule has 0 aliphatic rings. The second-order valence-electron chi connectivity index (χ2n) is 6.51. The van der Waals surface area contributed by atoms with Crippen LogP contribution in [0.2, 0.25) is 0 Å². The van der Waals surface area contributed by atoms with Crippen molar-refractivity contribution < 1.29 is 33.6 Å². The maximum Gasteiger partial charge on any atom is 0.348 e. The molecule has 0 saturated heterocycles. The van der Waals surface area contributed by atoms with Crippen molar-refractivity contribution in [1.82, 2.24) is 4.90 Å². The fourth-order valence-corrected chi connectivity index (χ4v) is 3.47. The Labute approximate surface area is 174 Å². The highest BCUT2D eigenvalue weighted by Crippen LogP contribution is 2.34. The highest BCUT2D eigenvalue weighted by atomic mass is 32.1. The molecule has 1 atom stereocenters. The van der Waals surface area contributed by atoms with Gasteiger partial charge >= 0.3 is 11.9 Å². The van der Waals surface area contributed by atoms with Gasteiger partial charge in [0.1, 0.15) is 16.5 Å². The molecule has 9 nitrogen and oxygen atoms in total. The summed E-state index contributed by atoms with van der Waals surface area (Å²) in [5, 5.41) is 2.87. The van der Waals surface area contributed by atoms with E-state index in [1.165, 1.54) is 11.0 Å². The van der Waals surface area contributed by atoms with Crippen LogP contribution in [-0.4, -0.2) is 76.1 Å². The number of hydrogen-bond acceptors (Lipinski definition) is 7. The first-order valence-electron chi connectivity index (χ1n) is 9.02. The Morgan fingerprint density at radius 3 is 2.38 bits per heavy atom. The third-order valence-corrected chi connectivity index (χ3v) is 5.00. The van der Waals surface area contributed by atoms with Crippen LogP contribution < -0.4 is 10.2 Å². The van der Waals surface area contributed by atoms with E-state index in [0.717, 1.165) is 11.3 Å². The molecule has 0 bridgehead atoms. The molecule has 1 rings (SSSR count). The predicted octanol–water partition coefficient (Wildman–Crippen LogP) is 0.117. The third-order valence-electron chi connectivity index (χ3n) is 3.81. The lowest BCUT2D eigenvalue weighted by atomic mass is 10.1. The molecule has 1 aromatic rings. The minimum absolute atomic E-state index is 0.00897. The Hall–Kier alpha value is -2.72. The molecule has 0 aliphatic carbocycles. The third kappa shape index (κ3) is 6.99. The number of hydrogen-bond donors (Lipinski definition) is 2. The monoisotopic (exact) mass is 426 g/mol. The number of likely N-dealkylation sites (N-methyl/N-ethyl adjacent to an activating group) is 2. The highest BCUT2D eigenvalue weighted by Gasteiger charge is 2.28. The van der Waals surface area contributed by atoms with E-state index in [1.54, 1.807) is 35.0 Å². The molecule has 0 fully saturated rings. The summed E-state index contributed by atoms with van der Waals surface area (Å²) in [5.74, 6) is -1.76. The molecule has 160 valence electrons. The molecule has 2 amide bonds. The van der Waals surface area contributed by atoms with Crippen molar-refractivity contribution in [3.8, 4) is 0 Å². The van der Waals surface area contributed by atoms with Crippen LogP contribution in [0.1, 0.15) is 32.5 Å². The number of quaternary nitrogens is 1. The summed E-state index contributed by atoms with van der Waals surface area (Å²) in [4.78, 5) is 51.2. The zero-order valence-electron chi connectivity index (χ0n) is 17.4. The lowest BCUT2D eigenvalue weighted by molar-refractivity contribution is -0.862. The average molecular weight is 427 g/mol. The SMILES string of the molecule is C=CCOC(=O)c1sc(NC(=O)C[NH+](C)CC(=O)N(C)C)c(C(=O)OCC)c1C. The molecule has 2 N–H and O–H groups in total. The molecule has 0 spiro atoms. The van der Waals surface area contributed by atoms with Gasteiger partial charge in [-0.05, 0) is 19.4 Å². The fraction of sp³-hybridized carbons (Fsp3) is 0.474. The van der Waals surface area contributed by atoms with Gasteiger partial charge in [-0.25, -0.2) is 9.59 Å². The minimum Gasteiger partial charge on any atom is -0.462 e. The summed E-state index contributed by atoms with van der Waals surface area (Å²) in [6.07, 6.45) is 1.43. The van der Waals surface area contributed by atoms with Gasteiger partial charge in [0.05, 0.1) is 19.2 Å². The van der Waals surface area contributed by atoms with Crippen molar-refractivity contribution in [3.63, 3.8) is 0 Å². The van der Waals surface area contributed by atoms with E-state index in [0.29, 0.717) is 10.5 Å². The smallest absolute Gasteiger partial charge is 0.348 e. The molecule has 1 unspecified atom stereocenters. The van der Waals surface area contributed by atoms with E-state index in [4.69, 9.17) is 9.47 Å². The second-order valence-corrected chi connectivity index (χ2v) is 7.54. The van der Waals surface area contributed by atoms with Gasteiger partial charge in [-0.2, -0.15) is 0 Å². The summed E-state index contributed by atoms with van der Waals surface area (Å²) >= 11 is 0.947. The zero-order valence-corrected chi connectivity index (χ0v) is 18.2. The van der Waals surface area contributed by atoms with Gasteiger partial charge in [0.15, 0.2) is 13.1 Å². The molecule has 1 aromatic heterocycles. The number of anilines is 1. The van der Waals surface area contributed by atoms with Crippen LogP contribution in [0.4, 0.5) is 5.00 Å². The standard InChI is InChI=1S/C19H27N3O6S/c1-7-9-28-19(26)16-12(3)15(18(25)27-8-2)17(29-16)20-13(23)10-22(6)11-14(24)21(4)5/h7H,1,8-11H2,2-6H3,(H,20,23)/p+1. The zero-order chi connectivity index (χ0) is 22.1. The number of amides is 2. The number of ether oxygens (including phenoxy) is 2. The quantitative estimate of drug-likeness (QED) is 0.407. The Kier molecular flexibility index (Phi) is 9.49. The van der Waals surface area contributed by atoms with E-state index in [-0.39, 0.29) is 47.7 Å². The molecule has 0 saturated carbocycles. The molecule has 0 aliphatic heterocycles. The van der Waals surface area contributed by atoms with Crippen LogP contribution in [0.5, 0.6) is 0 Å². The molecular formula is C19H28N3O6S+. The number of nitrogens with one attached hydrogen (secondary N) is 2. The Morgan fingerprint density at radius 1 is 1.17 bits per heavy atom. The largest absolute Gasteiger partial charge is 0.462 e. The van der Waals surface area contributed by atoms with Crippen LogP contribution in [0, 0.1) is 6.92 Å². The first-order chi connectivity index (χ1) is 13.6. The van der Waals surface area contributed by atoms with Crippen molar-refractivity contribution in [2.75, 3.05) is 52.8 Å². The normalized spacial score (nSPS) is 11.3. The van der Waals surface area contributed by atoms with Crippen molar-refractivity contribution in [1.29, 1.82) is 0 Å². The van der Waals surface area contributed by atoms with Gasteiger partial charge in [0.2, 0.25) is 0 Å². The van der Waals surface area contributed by atoms with Crippen molar-refractivity contribution in [2.24, 2.45) is 0 Å². The second kappa shape index (κ2) is 11.3. The number of esters is 2. The van der Waals surface area contributed by atoms with Crippen LogP contribution in [0.25, 0.3) is 0 Å². The van der Waals surface area contributed by atoms with E-state index in [2.05, 4.69) is 11.9 Å². The van der Waals surface area contributed by atoms with E-state index >= 15 is 0 Å². The van der Waals surface area contributed by atoms with Crippen LogP contribution in [-0.2, 0) is 19.1 Å². The lowest BCUT2D eigenvalue weighted by Gasteiger charge is -2.16. The molecule has 0 radical (unpaired) electrons. The Bertz CT molecular complexity index is 787. The molecule has 0 aromatic carbocycles. The number of rotatable bonds is 10. The molecule has 1 heterocycles. The average Bonchev–Trinajstić information content (AvgIpc) is 2.95.